The second-order valence-corrected chi connectivity index (χ2v) is 13.9. The quantitative estimate of drug-likeness (QED) is 0.583. The van der Waals surface area contributed by atoms with E-state index in [-0.39, 0.29) is 46.4 Å². The summed E-state index contributed by atoms with van der Waals surface area (Å²) >= 11 is 3.00. The summed E-state index contributed by atoms with van der Waals surface area (Å²) in [6.45, 7) is 10.2. The van der Waals surface area contributed by atoms with E-state index in [0.29, 0.717) is 6.42 Å². The molecular weight excluding hydrogens is 466 g/mol. The van der Waals surface area contributed by atoms with Crippen molar-refractivity contribution in [2.75, 3.05) is 5.75 Å². The number of aryl methyl sites for hydroxylation is 2. The molecule has 0 amide bonds. The van der Waals surface area contributed by atoms with Crippen LogP contribution in [0.2, 0.25) is 0 Å². The fraction of sp³-hybridized carbons (Fsp3) is 0.667. The van der Waals surface area contributed by atoms with E-state index in [1.165, 1.54) is 11.8 Å². The Labute approximate surface area is 210 Å². The molecule has 4 aliphatic carbocycles. The topological polar surface area (TPSA) is 87.5 Å². The van der Waals surface area contributed by atoms with Gasteiger partial charge in [-0.1, -0.05) is 44.2 Å². The second-order valence-electron chi connectivity index (χ2n) is 11.4. The Bertz CT molecular complexity index is 1090. The lowest BCUT2D eigenvalue weighted by molar-refractivity contribution is -0.179. The number of fused-ring (bicyclic) bond motifs is 5. The van der Waals surface area contributed by atoms with Crippen LogP contribution in [-0.2, 0) is 9.59 Å². The average molecular weight is 502 g/mol. The molecule has 5 rings (SSSR count). The molecule has 0 saturated heterocycles. The molecule has 1 aromatic heterocycles. The molecular formula is C27H35NO4S2. The number of thioether (sulfide) groups is 1. The maximum atomic E-state index is 13.7. The number of carbonyl (C=O) groups excluding carboxylic acids is 2. The summed E-state index contributed by atoms with van der Waals surface area (Å²) in [5.41, 5.74) is -0.383. The first kappa shape index (κ1) is 24.4. The van der Waals surface area contributed by atoms with Crippen LogP contribution in [0.25, 0.3) is 0 Å². The molecule has 0 radical (unpaired) electrons. The van der Waals surface area contributed by atoms with Crippen molar-refractivity contribution in [1.29, 1.82) is 0 Å². The van der Waals surface area contributed by atoms with Crippen molar-refractivity contribution in [3.8, 4) is 0 Å². The van der Waals surface area contributed by atoms with Crippen LogP contribution in [0.1, 0.15) is 57.0 Å². The molecule has 3 fully saturated rings. The molecule has 5 nitrogen and oxygen atoms in total. The van der Waals surface area contributed by atoms with Gasteiger partial charge in [-0.3, -0.25) is 9.59 Å². The van der Waals surface area contributed by atoms with Gasteiger partial charge in [0.25, 0.3) is 0 Å². The van der Waals surface area contributed by atoms with Gasteiger partial charge >= 0.3 is 0 Å². The molecule has 2 N–H and O–H groups in total. The first-order valence-corrected chi connectivity index (χ1v) is 14.2. The van der Waals surface area contributed by atoms with E-state index in [1.807, 2.05) is 33.8 Å². The minimum atomic E-state index is -1.46. The third kappa shape index (κ3) is 3.30. The highest BCUT2D eigenvalue weighted by atomic mass is 32.2. The predicted octanol–water partition coefficient (Wildman–Crippen LogP) is 4.68. The Kier molecular flexibility index (Phi) is 5.83. The van der Waals surface area contributed by atoms with E-state index in [0.717, 1.165) is 39.7 Å². The van der Waals surface area contributed by atoms with E-state index in [4.69, 9.17) is 0 Å². The van der Waals surface area contributed by atoms with Crippen LogP contribution in [0, 0.1) is 48.3 Å². The Morgan fingerprint density at radius 1 is 1.32 bits per heavy atom. The summed E-state index contributed by atoms with van der Waals surface area (Å²) in [6, 6.07) is 0. The number of allylic oxidation sites excluding steroid dienone is 4. The number of ketones is 2. The number of aromatic nitrogens is 1. The summed E-state index contributed by atoms with van der Waals surface area (Å²) in [5.74, 6) is 0.258. The van der Waals surface area contributed by atoms with Crippen molar-refractivity contribution < 1.29 is 19.8 Å². The molecule has 0 aliphatic heterocycles. The number of nitrogens with zero attached hydrogens (tertiary/aromatic N) is 1. The van der Waals surface area contributed by atoms with Crippen molar-refractivity contribution in [1.82, 2.24) is 4.98 Å². The summed E-state index contributed by atoms with van der Waals surface area (Å²) < 4.78 is 0.862. The van der Waals surface area contributed by atoms with Crippen LogP contribution in [-0.4, -0.2) is 44.2 Å². The Morgan fingerprint density at radius 3 is 2.74 bits per heavy atom. The van der Waals surface area contributed by atoms with Gasteiger partial charge < -0.3 is 10.2 Å². The molecule has 34 heavy (non-hydrogen) atoms. The number of thiazole rings is 1. The summed E-state index contributed by atoms with van der Waals surface area (Å²) in [5, 5.41) is 23.6. The largest absolute Gasteiger partial charge is 0.393 e. The molecule has 5 unspecified atom stereocenters. The van der Waals surface area contributed by atoms with Gasteiger partial charge in [-0.25, -0.2) is 4.98 Å². The molecule has 8 atom stereocenters. The van der Waals surface area contributed by atoms with Gasteiger partial charge in [-0.15, -0.1) is 11.3 Å². The monoisotopic (exact) mass is 501 g/mol. The number of rotatable bonds is 4. The Balaban J connectivity index is 1.43. The third-order valence-electron chi connectivity index (χ3n) is 9.84. The Morgan fingerprint density at radius 2 is 2.06 bits per heavy atom. The van der Waals surface area contributed by atoms with Crippen LogP contribution in [0.5, 0.6) is 0 Å². The maximum Gasteiger partial charge on any atom is 0.178 e. The third-order valence-corrected chi connectivity index (χ3v) is 12.1. The van der Waals surface area contributed by atoms with E-state index in [1.54, 1.807) is 23.5 Å². The zero-order valence-corrected chi connectivity index (χ0v) is 22.3. The number of aliphatic hydroxyl groups excluding tert-OH is 1. The highest BCUT2D eigenvalue weighted by Gasteiger charge is 2.70. The zero-order chi connectivity index (χ0) is 24.6. The maximum absolute atomic E-state index is 13.7. The highest BCUT2D eigenvalue weighted by Crippen LogP contribution is 2.68. The highest BCUT2D eigenvalue weighted by molar-refractivity contribution is 8.01. The molecule has 4 aliphatic rings. The van der Waals surface area contributed by atoms with Gasteiger partial charge in [0, 0.05) is 21.6 Å². The van der Waals surface area contributed by atoms with Crippen molar-refractivity contribution in [3.05, 3.63) is 34.4 Å². The van der Waals surface area contributed by atoms with E-state index in [2.05, 4.69) is 11.9 Å². The van der Waals surface area contributed by atoms with Crippen LogP contribution >= 0.6 is 23.1 Å². The smallest absolute Gasteiger partial charge is 0.178 e. The van der Waals surface area contributed by atoms with Crippen molar-refractivity contribution in [2.45, 2.75) is 76.3 Å². The summed E-state index contributed by atoms with van der Waals surface area (Å²) in [7, 11) is 0. The summed E-state index contributed by atoms with van der Waals surface area (Å²) in [4.78, 5) is 31.4. The number of aliphatic hydroxyl groups is 2. The number of Topliss-reactive ketones (excluding diaryl/α,β-unsaturated/α-hetero) is 1. The lowest BCUT2D eigenvalue weighted by Crippen LogP contribution is -2.62. The Hall–Kier alpha value is -1.28. The molecule has 7 heteroatoms. The van der Waals surface area contributed by atoms with Gasteiger partial charge in [0.1, 0.15) is 5.60 Å². The lowest BCUT2D eigenvalue weighted by atomic mass is 9.46. The zero-order valence-electron chi connectivity index (χ0n) is 20.6. The first-order chi connectivity index (χ1) is 15.9. The molecule has 184 valence electrons. The van der Waals surface area contributed by atoms with Gasteiger partial charge in [0.05, 0.1) is 17.6 Å². The molecule has 0 spiro atoms. The number of hydrogen-bond donors (Lipinski definition) is 2. The fourth-order valence-corrected chi connectivity index (χ4v) is 10.1. The van der Waals surface area contributed by atoms with Crippen molar-refractivity contribution in [2.24, 2.45) is 34.5 Å². The minimum absolute atomic E-state index is 0.00442. The summed E-state index contributed by atoms with van der Waals surface area (Å²) in [6.07, 6.45) is 7.65. The van der Waals surface area contributed by atoms with Gasteiger partial charge in [-0.2, -0.15) is 0 Å². The van der Waals surface area contributed by atoms with E-state index < -0.39 is 17.1 Å². The number of carbonyl (C=O) groups is 2. The molecule has 3 saturated carbocycles. The molecule has 1 aromatic rings. The SMILES string of the molecule is Cc1nc(SCC(=O)[C@@]2(O)[C@H](C)CC3C4CCC5=CC(=O)C=CC5(C)C4[C@@H](O)CC32C)sc1C. The predicted molar refractivity (Wildman–Crippen MR) is 135 cm³/mol. The molecule has 0 aromatic carbocycles. The van der Waals surface area contributed by atoms with Crippen LogP contribution in [0.4, 0.5) is 0 Å². The fourth-order valence-electron chi connectivity index (χ4n) is 8.00. The normalized spacial score (nSPS) is 43.2. The number of hydrogen-bond acceptors (Lipinski definition) is 7. The standard InChI is InChI=1S/C27H35NO4S2/c1-14-10-20-19-7-6-17-11-18(29)8-9-25(17,4)23(19)21(30)12-26(20,5)27(14,32)22(31)13-33-24-28-15(2)16(3)34-24/h8-9,11,14,19-21,23,30,32H,6-7,10,12-13H2,1-5H3/t14-,19?,20?,21+,23?,25?,26?,27+/m1/s1. The first-order valence-electron chi connectivity index (χ1n) is 12.4. The van der Waals surface area contributed by atoms with Crippen molar-refractivity contribution >= 4 is 34.7 Å². The molecule has 1 heterocycles. The van der Waals surface area contributed by atoms with E-state index in [9.17, 15) is 19.8 Å². The van der Waals surface area contributed by atoms with Crippen LogP contribution in [0.15, 0.2) is 28.1 Å². The second kappa shape index (κ2) is 8.12. The van der Waals surface area contributed by atoms with Crippen LogP contribution < -0.4 is 0 Å². The van der Waals surface area contributed by atoms with E-state index >= 15 is 0 Å². The lowest BCUT2D eigenvalue weighted by Gasteiger charge is -2.59. The minimum Gasteiger partial charge on any atom is -0.393 e. The van der Waals surface area contributed by atoms with Gasteiger partial charge in [0.2, 0.25) is 0 Å². The van der Waals surface area contributed by atoms with Gasteiger partial charge in [-0.05, 0) is 69.4 Å². The molecule has 0 bridgehead atoms. The van der Waals surface area contributed by atoms with Crippen LogP contribution in [0.3, 0.4) is 0 Å². The van der Waals surface area contributed by atoms with Crippen molar-refractivity contribution in [3.63, 3.8) is 0 Å². The van der Waals surface area contributed by atoms with Gasteiger partial charge in [0.15, 0.2) is 15.9 Å². The average Bonchev–Trinajstić information content (AvgIpc) is 3.20.